The Morgan fingerprint density at radius 1 is 1.14 bits per heavy atom. The molecule has 0 spiro atoms. The second-order valence-electron chi connectivity index (χ2n) is 6.65. The lowest BCUT2D eigenvalue weighted by Crippen LogP contribution is -2.37. The molecule has 8 heteroatoms. The Balaban J connectivity index is 1.49. The average molecular weight is 417 g/mol. The Morgan fingerprint density at radius 2 is 1.93 bits per heavy atom. The minimum atomic E-state index is -0.553. The number of morpholine rings is 1. The monoisotopic (exact) mass is 416 g/mol. The van der Waals surface area contributed by atoms with E-state index in [0.717, 1.165) is 44.8 Å². The Labute approximate surface area is 173 Å². The summed E-state index contributed by atoms with van der Waals surface area (Å²) in [5.41, 5.74) is 1.70. The van der Waals surface area contributed by atoms with Gasteiger partial charge in [-0.1, -0.05) is 35.5 Å². The van der Waals surface area contributed by atoms with Crippen molar-refractivity contribution in [2.75, 3.05) is 39.5 Å². The van der Waals surface area contributed by atoms with E-state index in [0.29, 0.717) is 23.6 Å². The molecule has 4 rings (SSSR count). The van der Waals surface area contributed by atoms with Crippen LogP contribution in [0.15, 0.2) is 51.4 Å². The number of halogens is 1. The van der Waals surface area contributed by atoms with Crippen LogP contribution in [0.2, 0.25) is 5.22 Å². The van der Waals surface area contributed by atoms with Gasteiger partial charge in [0, 0.05) is 19.6 Å². The van der Waals surface area contributed by atoms with Crippen LogP contribution in [0.1, 0.15) is 17.0 Å². The summed E-state index contributed by atoms with van der Waals surface area (Å²) >= 11 is 5.90. The predicted molar refractivity (Wildman–Crippen MR) is 107 cm³/mol. The maximum atomic E-state index is 12.7. The molecule has 0 radical (unpaired) electrons. The normalized spacial score (nSPS) is 14.8. The number of ether oxygens (including phenoxy) is 2. The summed E-state index contributed by atoms with van der Waals surface area (Å²) in [5.74, 6) is -0.0868. The molecule has 3 aromatic rings. The highest BCUT2D eigenvalue weighted by molar-refractivity contribution is 6.29. The van der Waals surface area contributed by atoms with Crippen LogP contribution in [-0.4, -0.2) is 55.5 Å². The second-order valence-corrected chi connectivity index (χ2v) is 7.02. The molecule has 0 unspecified atom stereocenters. The third-order valence-corrected chi connectivity index (χ3v) is 4.91. The van der Waals surface area contributed by atoms with Crippen LogP contribution in [0.5, 0.6) is 0 Å². The van der Waals surface area contributed by atoms with Gasteiger partial charge in [0.05, 0.1) is 25.4 Å². The fourth-order valence-electron chi connectivity index (χ4n) is 3.26. The molecule has 0 atom stereocenters. The fraction of sp³-hybridized carbons (Fsp3) is 0.333. The number of benzene rings is 1. The number of rotatable bonds is 7. The minimum absolute atomic E-state index is 0.0464. The first-order chi connectivity index (χ1) is 14.2. The third-order valence-electron chi connectivity index (χ3n) is 4.70. The number of carbonyl (C=O) groups excluding carboxylic acids is 1. The van der Waals surface area contributed by atoms with Crippen LogP contribution < -0.4 is 0 Å². The van der Waals surface area contributed by atoms with Gasteiger partial charge in [-0.15, -0.1) is 0 Å². The molecular weight excluding hydrogens is 396 g/mol. The van der Waals surface area contributed by atoms with Gasteiger partial charge in [-0.05, 0) is 35.7 Å². The van der Waals surface area contributed by atoms with Gasteiger partial charge in [-0.2, -0.15) is 0 Å². The van der Waals surface area contributed by atoms with Crippen molar-refractivity contribution in [2.45, 2.75) is 6.42 Å². The molecule has 0 saturated carbocycles. The molecule has 0 bridgehead atoms. The Hall–Kier alpha value is -2.61. The van der Waals surface area contributed by atoms with Crippen LogP contribution in [0, 0.1) is 0 Å². The van der Waals surface area contributed by atoms with Crippen molar-refractivity contribution in [3.63, 3.8) is 0 Å². The Kier molecular flexibility index (Phi) is 6.29. The highest BCUT2D eigenvalue weighted by Crippen LogP contribution is 2.36. The molecule has 0 N–H and O–H groups in total. The lowest BCUT2D eigenvalue weighted by atomic mass is 10.0. The lowest BCUT2D eigenvalue weighted by Gasteiger charge is -2.26. The summed E-state index contributed by atoms with van der Waals surface area (Å²) in [4.78, 5) is 15.0. The first-order valence-electron chi connectivity index (χ1n) is 9.50. The second kappa shape index (κ2) is 9.26. The zero-order valence-corrected chi connectivity index (χ0v) is 16.6. The molecule has 7 nitrogen and oxygen atoms in total. The van der Waals surface area contributed by atoms with Crippen molar-refractivity contribution < 1.29 is 23.2 Å². The van der Waals surface area contributed by atoms with Gasteiger partial charge in [-0.25, -0.2) is 4.79 Å². The van der Waals surface area contributed by atoms with E-state index in [2.05, 4.69) is 10.1 Å². The van der Waals surface area contributed by atoms with Gasteiger partial charge >= 0.3 is 5.97 Å². The number of hydrogen-bond acceptors (Lipinski definition) is 7. The van der Waals surface area contributed by atoms with Crippen LogP contribution in [0.3, 0.4) is 0 Å². The van der Waals surface area contributed by atoms with E-state index in [-0.39, 0.29) is 11.0 Å². The molecule has 29 heavy (non-hydrogen) atoms. The van der Waals surface area contributed by atoms with E-state index in [1.807, 2.05) is 30.3 Å². The molecule has 152 valence electrons. The maximum Gasteiger partial charge on any atom is 0.377 e. The van der Waals surface area contributed by atoms with Gasteiger partial charge in [0.25, 0.3) is 5.76 Å². The molecule has 0 amide bonds. The Morgan fingerprint density at radius 3 is 2.66 bits per heavy atom. The lowest BCUT2D eigenvalue weighted by molar-refractivity contribution is 0.0285. The zero-order valence-electron chi connectivity index (χ0n) is 15.8. The average Bonchev–Trinajstić information content (AvgIpc) is 3.39. The van der Waals surface area contributed by atoms with Gasteiger partial charge in [0.15, 0.2) is 16.7 Å². The molecule has 3 heterocycles. The van der Waals surface area contributed by atoms with E-state index >= 15 is 0 Å². The van der Waals surface area contributed by atoms with Crippen LogP contribution in [0.4, 0.5) is 0 Å². The van der Waals surface area contributed by atoms with Gasteiger partial charge in [0.2, 0.25) is 0 Å². The fourth-order valence-corrected chi connectivity index (χ4v) is 3.40. The van der Waals surface area contributed by atoms with Crippen molar-refractivity contribution in [1.29, 1.82) is 0 Å². The molecule has 1 aromatic carbocycles. The number of hydrogen-bond donors (Lipinski definition) is 0. The molecule has 1 saturated heterocycles. The summed E-state index contributed by atoms with van der Waals surface area (Å²) in [7, 11) is 0. The van der Waals surface area contributed by atoms with Crippen molar-refractivity contribution >= 4 is 17.6 Å². The number of esters is 1. The van der Waals surface area contributed by atoms with E-state index in [1.165, 1.54) is 0 Å². The minimum Gasteiger partial charge on any atom is -0.460 e. The quantitative estimate of drug-likeness (QED) is 0.423. The summed E-state index contributed by atoms with van der Waals surface area (Å²) in [5, 5.41) is 4.28. The highest BCUT2D eigenvalue weighted by Gasteiger charge is 2.27. The van der Waals surface area contributed by atoms with Crippen molar-refractivity contribution in [2.24, 2.45) is 0 Å². The Bertz CT molecular complexity index is 947. The molecule has 0 aliphatic carbocycles. The summed E-state index contributed by atoms with van der Waals surface area (Å²) in [6.07, 6.45) is 0.737. The standard InChI is InChI=1S/C21H21ClN2O5/c22-17-8-7-16(28-17)19-18(15-5-2-1-3-6-15)20(29-23-19)21(25)27-12-4-9-24-10-13-26-14-11-24/h1-3,5-8H,4,9-14H2. The van der Waals surface area contributed by atoms with Crippen molar-refractivity contribution in [3.05, 3.63) is 53.4 Å². The van der Waals surface area contributed by atoms with Crippen molar-refractivity contribution in [3.8, 4) is 22.6 Å². The SMILES string of the molecule is O=C(OCCCN1CCOCC1)c1onc(-c2ccc(Cl)o2)c1-c1ccccc1. The van der Waals surface area contributed by atoms with Gasteiger partial charge < -0.3 is 18.4 Å². The molecular formula is C21H21ClN2O5. The largest absolute Gasteiger partial charge is 0.460 e. The number of carbonyl (C=O) groups is 1. The molecule has 1 aliphatic heterocycles. The van der Waals surface area contributed by atoms with Crippen LogP contribution >= 0.6 is 11.6 Å². The van der Waals surface area contributed by atoms with Gasteiger partial charge in [-0.3, -0.25) is 4.90 Å². The third kappa shape index (κ3) is 4.70. The highest BCUT2D eigenvalue weighted by atomic mass is 35.5. The van der Waals surface area contributed by atoms with Gasteiger partial charge in [0.1, 0.15) is 0 Å². The molecule has 2 aromatic heterocycles. The first-order valence-corrected chi connectivity index (χ1v) is 9.88. The molecule has 1 fully saturated rings. The van der Waals surface area contributed by atoms with Crippen LogP contribution in [0.25, 0.3) is 22.6 Å². The summed E-state index contributed by atoms with van der Waals surface area (Å²) < 4.78 is 21.6. The van der Waals surface area contributed by atoms with E-state index in [1.54, 1.807) is 12.1 Å². The van der Waals surface area contributed by atoms with Crippen molar-refractivity contribution in [1.82, 2.24) is 10.1 Å². The van der Waals surface area contributed by atoms with E-state index < -0.39 is 5.97 Å². The number of furan rings is 1. The van der Waals surface area contributed by atoms with Crippen LogP contribution in [-0.2, 0) is 9.47 Å². The smallest absolute Gasteiger partial charge is 0.377 e. The number of nitrogens with zero attached hydrogens (tertiary/aromatic N) is 2. The topological polar surface area (TPSA) is 77.9 Å². The van der Waals surface area contributed by atoms with E-state index in [4.69, 9.17) is 30.0 Å². The summed E-state index contributed by atoms with van der Waals surface area (Å²) in [6, 6.07) is 12.7. The van der Waals surface area contributed by atoms with E-state index in [9.17, 15) is 4.79 Å². The maximum absolute atomic E-state index is 12.7. The molecule has 1 aliphatic rings. The zero-order chi connectivity index (χ0) is 20.1. The summed E-state index contributed by atoms with van der Waals surface area (Å²) in [6.45, 7) is 4.46. The predicted octanol–water partition coefficient (Wildman–Crippen LogP) is 4.13. The number of aromatic nitrogens is 1. The first kappa shape index (κ1) is 19.7.